The molecule has 2 aromatic heterocycles. The van der Waals surface area contributed by atoms with Crippen LogP contribution in [0.1, 0.15) is 37.6 Å². The first-order valence-electron chi connectivity index (χ1n) is 11.2. The van der Waals surface area contributed by atoms with Gasteiger partial charge in [0.25, 0.3) is 0 Å². The standard InChI is InChI=1S/C25H25F3N4O/c1-3-20-31-22-21(18-10-9-17(33-2)13-19(18)25(26,27)28)29-15-30-23(22)32(20)14-24(16-7-8-16)11-5-4-6-12-24/h4-6,9-11,13,15-16H,3,7-8,12,14H2,1-2H3. The Labute approximate surface area is 190 Å². The average Bonchev–Trinajstić information content (AvgIpc) is 3.62. The number of nitrogens with zero attached hydrogens (tertiary/aromatic N) is 4. The van der Waals surface area contributed by atoms with Crippen LogP contribution in [0.5, 0.6) is 5.75 Å². The SMILES string of the molecule is CCc1nc2c(-c3ccc(OC)cc3C(F)(F)F)ncnc2n1CC1(C2CC2)C=CC=CC1. The summed E-state index contributed by atoms with van der Waals surface area (Å²) in [5.41, 5.74) is 0.303. The third kappa shape index (κ3) is 3.81. The molecule has 0 saturated heterocycles. The summed E-state index contributed by atoms with van der Waals surface area (Å²) in [6.45, 7) is 2.70. The molecule has 2 aliphatic rings. The van der Waals surface area contributed by atoms with Crippen LogP contribution in [0.4, 0.5) is 13.2 Å². The molecule has 0 amide bonds. The van der Waals surface area contributed by atoms with E-state index in [0.29, 0.717) is 30.0 Å². The fourth-order valence-corrected chi connectivity index (χ4v) is 4.89. The van der Waals surface area contributed by atoms with Crippen LogP contribution in [0.15, 0.2) is 48.8 Å². The van der Waals surface area contributed by atoms with Gasteiger partial charge in [-0.05, 0) is 43.4 Å². The molecule has 1 atom stereocenters. The van der Waals surface area contributed by atoms with Crippen LogP contribution in [0.25, 0.3) is 22.4 Å². The molecule has 2 heterocycles. The lowest BCUT2D eigenvalue weighted by atomic mass is 9.77. The Morgan fingerprint density at radius 2 is 2.00 bits per heavy atom. The van der Waals surface area contributed by atoms with Crippen LogP contribution in [-0.2, 0) is 19.1 Å². The number of halogens is 3. The Bertz CT molecular complexity index is 1260. The fourth-order valence-electron chi connectivity index (χ4n) is 4.89. The molecule has 0 radical (unpaired) electrons. The monoisotopic (exact) mass is 454 g/mol. The summed E-state index contributed by atoms with van der Waals surface area (Å²) >= 11 is 0. The van der Waals surface area contributed by atoms with Gasteiger partial charge in [-0.2, -0.15) is 13.2 Å². The first-order chi connectivity index (χ1) is 15.9. The third-order valence-electron chi connectivity index (χ3n) is 6.73. The number of aromatic nitrogens is 4. The Morgan fingerprint density at radius 3 is 2.64 bits per heavy atom. The first kappa shape index (κ1) is 21.7. The summed E-state index contributed by atoms with van der Waals surface area (Å²) in [5.74, 6) is 1.54. The molecule has 0 N–H and O–H groups in total. The van der Waals surface area contributed by atoms with E-state index in [1.54, 1.807) is 0 Å². The van der Waals surface area contributed by atoms with Gasteiger partial charge in [-0.1, -0.05) is 31.2 Å². The minimum atomic E-state index is -4.56. The topological polar surface area (TPSA) is 52.8 Å². The molecular formula is C25H25F3N4O. The maximum absolute atomic E-state index is 13.9. The van der Waals surface area contributed by atoms with E-state index in [1.165, 1.54) is 38.4 Å². The van der Waals surface area contributed by atoms with Gasteiger partial charge in [0, 0.05) is 23.9 Å². The zero-order valence-electron chi connectivity index (χ0n) is 18.6. The molecule has 0 spiro atoms. The van der Waals surface area contributed by atoms with Crippen molar-refractivity contribution in [1.82, 2.24) is 19.5 Å². The molecule has 3 aromatic rings. The van der Waals surface area contributed by atoms with E-state index in [-0.39, 0.29) is 22.4 Å². The Hall–Kier alpha value is -3.16. The minimum Gasteiger partial charge on any atom is -0.497 e. The van der Waals surface area contributed by atoms with Crippen LogP contribution in [0, 0.1) is 11.3 Å². The summed E-state index contributed by atoms with van der Waals surface area (Å²) in [5, 5.41) is 0. The van der Waals surface area contributed by atoms with Gasteiger partial charge in [0.1, 0.15) is 29.1 Å². The van der Waals surface area contributed by atoms with Crippen molar-refractivity contribution in [1.29, 1.82) is 0 Å². The van der Waals surface area contributed by atoms with Crippen molar-refractivity contribution in [3.63, 3.8) is 0 Å². The van der Waals surface area contributed by atoms with E-state index in [2.05, 4.69) is 38.8 Å². The average molecular weight is 454 g/mol. The van der Waals surface area contributed by atoms with Crippen molar-refractivity contribution in [3.05, 3.63) is 60.2 Å². The predicted octanol–water partition coefficient (Wildman–Crippen LogP) is 6.00. The molecule has 33 heavy (non-hydrogen) atoms. The summed E-state index contributed by atoms with van der Waals surface area (Å²) in [6.07, 6.45) is 9.36. The van der Waals surface area contributed by atoms with Crippen molar-refractivity contribution in [2.24, 2.45) is 11.3 Å². The molecule has 5 rings (SSSR count). The number of alkyl halides is 3. The van der Waals surface area contributed by atoms with E-state index in [1.807, 2.05) is 6.92 Å². The number of ether oxygens (including phenoxy) is 1. The number of rotatable bonds is 6. The van der Waals surface area contributed by atoms with Gasteiger partial charge >= 0.3 is 6.18 Å². The zero-order chi connectivity index (χ0) is 23.2. The second-order valence-corrected chi connectivity index (χ2v) is 8.77. The zero-order valence-corrected chi connectivity index (χ0v) is 18.6. The predicted molar refractivity (Wildman–Crippen MR) is 120 cm³/mol. The summed E-state index contributed by atoms with van der Waals surface area (Å²) in [4.78, 5) is 13.5. The summed E-state index contributed by atoms with van der Waals surface area (Å²) in [6, 6.07) is 3.91. The quantitative estimate of drug-likeness (QED) is 0.459. The van der Waals surface area contributed by atoms with Crippen LogP contribution < -0.4 is 4.74 Å². The molecular weight excluding hydrogens is 429 g/mol. The molecule has 0 aliphatic heterocycles. The van der Waals surface area contributed by atoms with Crippen molar-refractivity contribution in [2.45, 2.75) is 45.3 Å². The first-order valence-corrected chi connectivity index (χ1v) is 11.2. The lowest BCUT2D eigenvalue weighted by Crippen LogP contribution is -2.28. The number of hydrogen-bond acceptors (Lipinski definition) is 4. The molecule has 0 bridgehead atoms. The fraction of sp³-hybridized carbons (Fsp3) is 0.400. The van der Waals surface area contributed by atoms with Crippen LogP contribution >= 0.6 is 0 Å². The molecule has 1 saturated carbocycles. The second-order valence-electron chi connectivity index (χ2n) is 8.77. The molecule has 2 aliphatic carbocycles. The number of allylic oxidation sites excluding steroid dienone is 4. The van der Waals surface area contributed by atoms with E-state index in [0.717, 1.165) is 18.3 Å². The normalized spacial score (nSPS) is 20.5. The lowest BCUT2D eigenvalue weighted by molar-refractivity contribution is -0.137. The van der Waals surface area contributed by atoms with Gasteiger partial charge in [0.2, 0.25) is 0 Å². The largest absolute Gasteiger partial charge is 0.497 e. The lowest BCUT2D eigenvalue weighted by Gasteiger charge is -2.32. The van der Waals surface area contributed by atoms with Crippen molar-refractivity contribution in [3.8, 4) is 17.0 Å². The highest BCUT2D eigenvalue weighted by molar-refractivity contribution is 5.89. The molecule has 8 heteroatoms. The maximum Gasteiger partial charge on any atom is 0.417 e. The number of fused-ring (bicyclic) bond motifs is 1. The van der Waals surface area contributed by atoms with Gasteiger partial charge < -0.3 is 9.30 Å². The smallest absolute Gasteiger partial charge is 0.417 e. The number of benzene rings is 1. The number of aryl methyl sites for hydroxylation is 1. The summed E-state index contributed by atoms with van der Waals surface area (Å²) in [7, 11) is 1.35. The minimum absolute atomic E-state index is 0.0192. The molecule has 1 fully saturated rings. The molecule has 5 nitrogen and oxygen atoms in total. The second kappa shape index (κ2) is 8.01. The Morgan fingerprint density at radius 1 is 1.18 bits per heavy atom. The van der Waals surface area contributed by atoms with E-state index >= 15 is 0 Å². The van der Waals surface area contributed by atoms with Crippen LogP contribution in [-0.4, -0.2) is 26.6 Å². The molecule has 172 valence electrons. The number of imidazole rings is 1. The van der Waals surface area contributed by atoms with E-state index in [9.17, 15) is 13.2 Å². The van der Waals surface area contributed by atoms with Crippen molar-refractivity contribution >= 4 is 11.2 Å². The van der Waals surface area contributed by atoms with Gasteiger partial charge in [-0.15, -0.1) is 0 Å². The number of methoxy groups -OCH3 is 1. The molecule has 1 unspecified atom stereocenters. The Kier molecular flexibility index (Phi) is 5.26. The van der Waals surface area contributed by atoms with Gasteiger partial charge in [0.05, 0.1) is 12.7 Å². The van der Waals surface area contributed by atoms with Crippen LogP contribution in [0.2, 0.25) is 0 Å². The Balaban J connectivity index is 1.67. The van der Waals surface area contributed by atoms with Gasteiger partial charge in [-0.25, -0.2) is 15.0 Å². The highest BCUT2D eigenvalue weighted by atomic mass is 19.4. The van der Waals surface area contributed by atoms with Crippen molar-refractivity contribution in [2.75, 3.05) is 7.11 Å². The highest BCUT2D eigenvalue weighted by Gasteiger charge is 2.44. The number of hydrogen-bond donors (Lipinski definition) is 0. The highest BCUT2D eigenvalue weighted by Crippen LogP contribution is 2.51. The van der Waals surface area contributed by atoms with Gasteiger partial charge in [-0.3, -0.25) is 0 Å². The maximum atomic E-state index is 13.9. The summed E-state index contributed by atoms with van der Waals surface area (Å²) < 4.78 is 48.9. The van der Waals surface area contributed by atoms with E-state index < -0.39 is 11.7 Å². The van der Waals surface area contributed by atoms with Crippen LogP contribution in [0.3, 0.4) is 0 Å². The molecule has 1 aromatic carbocycles. The third-order valence-corrected chi connectivity index (χ3v) is 6.73. The van der Waals surface area contributed by atoms with E-state index in [4.69, 9.17) is 9.72 Å². The van der Waals surface area contributed by atoms with Crippen molar-refractivity contribution < 1.29 is 17.9 Å². The van der Waals surface area contributed by atoms with Gasteiger partial charge in [0.15, 0.2) is 5.65 Å².